The number of H-pyrrole nitrogens is 1. The van der Waals surface area contributed by atoms with E-state index in [-0.39, 0.29) is 10.3 Å². The molecule has 3 aromatic rings. The van der Waals surface area contributed by atoms with Crippen LogP contribution in [-0.4, -0.2) is 21.1 Å². The van der Waals surface area contributed by atoms with Gasteiger partial charge < -0.3 is 0 Å². The van der Waals surface area contributed by atoms with Crippen molar-refractivity contribution in [3.05, 3.63) is 70.0 Å². The maximum absolute atomic E-state index is 13.7. The molecule has 7 heteroatoms. The Morgan fingerprint density at radius 1 is 1.22 bits per heavy atom. The first-order valence-electron chi connectivity index (χ1n) is 6.79. The van der Waals surface area contributed by atoms with Crippen LogP contribution < -0.4 is 0 Å². The van der Waals surface area contributed by atoms with Crippen LogP contribution in [0.25, 0.3) is 11.4 Å². The first-order valence-corrected chi connectivity index (χ1v) is 7.20. The Kier molecular flexibility index (Phi) is 4.12. The number of hydrogen-bond donors (Lipinski definition) is 1. The quantitative estimate of drug-likeness (QED) is 0.581. The molecule has 0 amide bonds. The highest BCUT2D eigenvalue weighted by atomic mass is 32.1. The van der Waals surface area contributed by atoms with Crippen LogP contribution in [0.5, 0.6) is 0 Å². The highest BCUT2D eigenvalue weighted by Gasteiger charge is 2.10. The van der Waals surface area contributed by atoms with Crippen LogP contribution in [0.15, 0.2) is 47.6 Å². The number of nitrogens with one attached hydrogen (secondary N) is 1. The molecule has 0 aliphatic rings. The lowest BCUT2D eigenvalue weighted by Crippen LogP contribution is -1.97. The van der Waals surface area contributed by atoms with Crippen molar-refractivity contribution in [3.8, 4) is 11.4 Å². The van der Waals surface area contributed by atoms with Crippen LogP contribution >= 0.6 is 12.2 Å². The number of benzene rings is 2. The molecule has 1 N–H and O–H groups in total. The average molecular weight is 330 g/mol. The minimum Gasteiger partial charge on any atom is -0.250 e. The molecule has 23 heavy (non-hydrogen) atoms. The molecule has 0 fully saturated rings. The molecular formula is C16H12F2N4S. The van der Waals surface area contributed by atoms with Gasteiger partial charge in [-0.1, -0.05) is 24.3 Å². The lowest BCUT2D eigenvalue weighted by Gasteiger charge is -2.04. The molecule has 4 nitrogen and oxygen atoms in total. The standard InChI is InChI=1S/C16H12F2N4S/c1-10-4-2-3-5-13(10)15-20-21-16(23)22(15)19-9-11-6-7-12(17)8-14(11)18/h2-9H,1H3,(H,21,23)/b19-9+. The van der Waals surface area contributed by atoms with Crippen LogP contribution in [0, 0.1) is 23.3 Å². The lowest BCUT2D eigenvalue weighted by atomic mass is 10.1. The molecule has 116 valence electrons. The van der Waals surface area contributed by atoms with Crippen molar-refractivity contribution >= 4 is 18.4 Å². The fourth-order valence-electron chi connectivity index (χ4n) is 2.12. The summed E-state index contributed by atoms with van der Waals surface area (Å²) in [4.78, 5) is 0. The third-order valence-electron chi connectivity index (χ3n) is 3.31. The van der Waals surface area contributed by atoms with Crippen molar-refractivity contribution in [2.24, 2.45) is 5.10 Å². The van der Waals surface area contributed by atoms with E-state index in [1.54, 1.807) is 0 Å². The Hall–Kier alpha value is -2.67. The topological polar surface area (TPSA) is 46.0 Å². The van der Waals surface area contributed by atoms with Gasteiger partial charge >= 0.3 is 0 Å². The Morgan fingerprint density at radius 2 is 2.00 bits per heavy atom. The van der Waals surface area contributed by atoms with E-state index >= 15 is 0 Å². The third-order valence-corrected chi connectivity index (χ3v) is 3.58. The molecule has 0 bridgehead atoms. The van der Waals surface area contributed by atoms with E-state index < -0.39 is 11.6 Å². The Morgan fingerprint density at radius 3 is 2.74 bits per heavy atom. The van der Waals surface area contributed by atoms with E-state index in [0.29, 0.717) is 5.82 Å². The normalized spacial score (nSPS) is 11.3. The number of nitrogens with zero attached hydrogens (tertiary/aromatic N) is 3. The molecule has 0 radical (unpaired) electrons. The highest BCUT2D eigenvalue weighted by Crippen LogP contribution is 2.21. The third kappa shape index (κ3) is 3.09. The molecule has 1 aromatic heterocycles. The second kappa shape index (κ2) is 6.21. The van der Waals surface area contributed by atoms with Crippen molar-refractivity contribution in [2.45, 2.75) is 6.92 Å². The fourth-order valence-corrected chi connectivity index (χ4v) is 2.30. The number of rotatable bonds is 3. The summed E-state index contributed by atoms with van der Waals surface area (Å²) in [6, 6.07) is 10.9. The maximum Gasteiger partial charge on any atom is 0.216 e. The first-order chi connectivity index (χ1) is 11.1. The number of halogens is 2. The second-order valence-electron chi connectivity index (χ2n) is 4.89. The van der Waals surface area contributed by atoms with Gasteiger partial charge in [0.2, 0.25) is 4.77 Å². The summed E-state index contributed by atoms with van der Waals surface area (Å²) >= 11 is 5.16. The number of aromatic amines is 1. The largest absolute Gasteiger partial charge is 0.250 e. The summed E-state index contributed by atoms with van der Waals surface area (Å²) in [5.41, 5.74) is 2.02. The van der Waals surface area contributed by atoms with Crippen LogP contribution in [0.3, 0.4) is 0 Å². The van der Waals surface area contributed by atoms with E-state index in [1.807, 2.05) is 31.2 Å². The molecule has 1 heterocycles. The van der Waals surface area contributed by atoms with Gasteiger partial charge in [-0.3, -0.25) is 0 Å². The zero-order valence-electron chi connectivity index (χ0n) is 12.1. The van der Waals surface area contributed by atoms with Gasteiger partial charge in [0.1, 0.15) is 11.6 Å². The van der Waals surface area contributed by atoms with Gasteiger partial charge in [-0.05, 0) is 36.8 Å². The minimum atomic E-state index is -0.693. The van der Waals surface area contributed by atoms with Crippen LogP contribution in [-0.2, 0) is 0 Å². The molecule has 0 aliphatic heterocycles. The van der Waals surface area contributed by atoms with Gasteiger partial charge in [-0.25, -0.2) is 13.9 Å². The summed E-state index contributed by atoms with van der Waals surface area (Å²) in [5, 5.41) is 11.0. The summed E-state index contributed by atoms with van der Waals surface area (Å²) < 4.78 is 28.3. The van der Waals surface area contributed by atoms with Crippen molar-refractivity contribution in [3.63, 3.8) is 0 Å². The van der Waals surface area contributed by atoms with Gasteiger partial charge in [0.05, 0.1) is 6.21 Å². The van der Waals surface area contributed by atoms with E-state index in [2.05, 4.69) is 15.3 Å². The Balaban J connectivity index is 2.04. The molecule has 0 aliphatic carbocycles. The summed E-state index contributed by atoms with van der Waals surface area (Å²) in [6.07, 6.45) is 1.28. The average Bonchev–Trinajstić information content (AvgIpc) is 2.88. The molecular weight excluding hydrogens is 318 g/mol. The molecule has 0 spiro atoms. The van der Waals surface area contributed by atoms with Crippen molar-refractivity contribution in [2.75, 3.05) is 0 Å². The van der Waals surface area contributed by atoms with E-state index in [0.717, 1.165) is 17.2 Å². The summed E-state index contributed by atoms with van der Waals surface area (Å²) in [6.45, 7) is 1.95. The minimum absolute atomic E-state index is 0.158. The molecule has 0 saturated carbocycles. The second-order valence-corrected chi connectivity index (χ2v) is 5.28. The van der Waals surface area contributed by atoms with E-state index in [1.165, 1.54) is 23.0 Å². The first kappa shape index (κ1) is 15.2. The van der Waals surface area contributed by atoms with E-state index in [9.17, 15) is 8.78 Å². The van der Waals surface area contributed by atoms with Crippen molar-refractivity contribution in [1.82, 2.24) is 14.9 Å². The molecule has 0 saturated heterocycles. The molecule has 0 unspecified atom stereocenters. The zero-order valence-corrected chi connectivity index (χ0v) is 12.9. The smallest absolute Gasteiger partial charge is 0.216 e. The van der Waals surface area contributed by atoms with Gasteiger partial charge in [-0.15, -0.1) is 0 Å². The highest BCUT2D eigenvalue weighted by molar-refractivity contribution is 7.71. The van der Waals surface area contributed by atoms with Gasteiger partial charge in [0, 0.05) is 17.2 Å². The van der Waals surface area contributed by atoms with Crippen LogP contribution in [0.2, 0.25) is 0 Å². The maximum atomic E-state index is 13.7. The molecule has 3 rings (SSSR count). The predicted octanol–water partition coefficient (Wildman–Crippen LogP) is 4.08. The number of hydrogen-bond acceptors (Lipinski definition) is 3. The monoisotopic (exact) mass is 330 g/mol. The number of aryl methyl sites for hydroxylation is 1. The molecule has 0 atom stereocenters. The van der Waals surface area contributed by atoms with Crippen molar-refractivity contribution in [1.29, 1.82) is 0 Å². The Labute approximate surface area is 136 Å². The summed E-state index contributed by atoms with van der Waals surface area (Å²) in [5.74, 6) is -0.812. The summed E-state index contributed by atoms with van der Waals surface area (Å²) in [7, 11) is 0. The Bertz CT molecular complexity index is 943. The van der Waals surface area contributed by atoms with Crippen molar-refractivity contribution < 1.29 is 8.78 Å². The van der Waals surface area contributed by atoms with Gasteiger partial charge in [0.25, 0.3) is 0 Å². The molecule has 2 aromatic carbocycles. The van der Waals surface area contributed by atoms with Crippen LogP contribution in [0.1, 0.15) is 11.1 Å². The predicted molar refractivity (Wildman–Crippen MR) is 86.9 cm³/mol. The lowest BCUT2D eigenvalue weighted by molar-refractivity contribution is 0.582. The van der Waals surface area contributed by atoms with Gasteiger partial charge in [-0.2, -0.15) is 14.9 Å². The van der Waals surface area contributed by atoms with Crippen LogP contribution in [0.4, 0.5) is 8.78 Å². The van der Waals surface area contributed by atoms with Gasteiger partial charge in [0.15, 0.2) is 5.82 Å². The SMILES string of the molecule is Cc1ccccc1-c1n[nH]c(=S)n1/N=C/c1ccc(F)cc1F. The fraction of sp³-hybridized carbons (Fsp3) is 0.0625. The number of aromatic nitrogens is 3. The zero-order chi connectivity index (χ0) is 16.4. The van der Waals surface area contributed by atoms with E-state index in [4.69, 9.17) is 12.2 Å².